The molecule has 2 N–H and O–H groups in total. The number of hydrogen-bond acceptors (Lipinski definition) is 3. The van der Waals surface area contributed by atoms with E-state index in [9.17, 15) is 4.79 Å². The number of hydrogen-bond donors (Lipinski definition) is 1. The van der Waals surface area contributed by atoms with Gasteiger partial charge in [0.2, 0.25) is 0 Å². The molecule has 0 saturated heterocycles. The van der Waals surface area contributed by atoms with E-state index < -0.39 is 0 Å². The first-order valence-corrected chi connectivity index (χ1v) is 5.70. The van der Waals surface area contributed by atoms with Gasteiger partial charge in [-0.2, -0.15) is 0 Å². The molecule has 1 aromatic rings. The van der Waals surface area contributed by atoms with Crippen LogP contribution in [0.15, 0.2) is 18.2 Å². The van der Waals surface area contributed by atoms with Crippen LogP contribution in [0.5, 0.6) is 0 Å². The Morgan fingerprint density at radius 2 is 2.19 bits per heavy atom. The van der Waals surface area contributed by atoms with Gasteiger partial charge in [0.25, 0.3) is 0 Å². The third-order valence-electron chi connectivity index (χ3n) is 2.44. The number of para-hydroxylation sites is 1. The van der Waals surface area contributed by atoms with Gasteiger partial charge in [0.15, 0.2) is 0 Å². The molecular weight excluding hydrogens is 226 g/mol. The summed E-state index contributed by atoms with van der Waals surface area (Å²) < 4.78 is 5.01. The predicted octanol–water partition coefficient (Wildman–Crippen LogP) is 2.98. The van der Waals surface area contributed by atoms with E-state index in [0.717, 1.165) is 5.56 Å². The van der Waals surface area contributed by atoms with Crippen molar-refractivity contribution in [2.24, 2.45) is 0 Å². The van der Waals surface area contributed by atoms with Crippen LogP contribution in [0.2, 0.25) is 5.02 Å². The molecular formula is C12H16ClNO2. The Kier molecular flexibility index (Phi) is 4.62. The minimum absolute atomic E-state index is 0.251. The number of halogens is 1. The Morgan fingerprint density at radius 3 is 2.75 bits per heavy atom. The lowest BCUT2D eigenvalue weighted by molar-refractivity contribution is -0.145. The summed E-state index contributed by atoms with van der Waals surface area (Å²) in [7, 11) is 0. The molecule has 16 heavy (non-hydrogen) atoms. The zero-order valence-corrected chi connectivity index (χ0v) is 10.3. The van der Waals surface area contributed by atoms with Crippen molar-refractivity contribution in [1.29, 1.82) is 0 Å². The fourth-order valence-electron chi connectivity index (χ4n) is 1.61. The SMILES string of the molecule is CCOC(=O)C(CC)c1cccc(Cl)c1N. The Labute approximate surface area is 101 Å². The summed E-state index contributed by atoms with van der Waals surface area (Å²) in [5, 5.41) is 0.472. The summed E-state index contributed by atoms with van der Waals surface area (Å²) >= 11 is 5.92. The molecule has 0 aliphatic carbocycles. The number of ether oxygens (including phenoxy) is 1. The number of nitrogens with two attached hydrogens (primary N) is 1. The van der Waals surface area contributed by atoms with Gasteiger partial charge in [-0.05, 0) is 25.0 Å². The lowest BCUT2D eigenvalue weighted by Crippen LogP contribution is -2.16. The Balaban J connectivity index is 3.04. The second kappa shape index (κ2) is 5.75. The van der Waals surface area contributed by atoms with Crippen LogP contribution in [0.3, 0.4) is 0 Å². The maximum Gasteiger partial charge on any atom is 0.313 e. The molecule has 1 unspecified atom stereocenters. The molecule has 1 aromatic carbocycles. The van der Waals surface area contributed by atoms with E-state index >= 15 is 0 Å². The zero-order chi connectivity index (χ0) is 12.1. The lowest BCUT2D eigenvalue weighted by atomic mass is 9.95. The number of carbonyl (C=O) groups excluding carboxylic acids is 1. The molecule has 88 valence electrons. The van der Waals surface area contributed by atoms with Gasteiger partial charge in [0, 0.05) is 0 Å². The summed E-state index contributed by atoms with van der Waals surface area (Å²) in [5.74, 6) is -0.586. The van der Waals surface area contributed by atoms with Crippen LogP contribution in [0.1, 0.15) is 31.7 Å². The minimum atomic E-state index is -0.335. The Bertz CT molecular complexity index is 379. The molecule has 1 rings (SSSR count). The predicted molar refractivity (Wildman–Crippen MR) is 65.5 cm³/mol. The lowest BCUT2D eigenvalue weighted by Gasteiger charge is -2.16. The van der Waals surface area contributed by atoms with E-state index in [-0.39, 0.29) is 11.9 Å². The van der Waals surface area contributed by atoms with Crippen LogP contribution in [0.25, 0.3) is 0 Å². The number of carbonyl (C=O) groups is 1. The largest absolute Gasteiger partial charge is 0.466 e. The summed E-state index contributed by atoms with van der Waals surface area (Å²) in [6.07, 6.45) is 0.642. The van der Waals surface area contributed by atoms with E-state index in [0.29, 0.717) is 23.7 Å². The van der Waals surface area contributed by atoms with Gasteiger partial charge in [-0.1, -0.05) is 30.7 Å². The second-order valence-electron chi connectivity index (χ2n) is 3.46. The molecule has 0 saturated carbocycles. The van der Waals surface area contributed by atoms with E-state index in [4.69, 9.17) is 22.1 Å². The average Bonchev–Trinajstić information content (AvgIpc) is 2.25. The van der Waals surface area contributed by atoms with Crippen LogP contribution < -0.4 is 5.73 Å². The smallest absolute Gasteiger partial charge is 0.313 e. The van der Waals surface area contributed by atoms with Crippen molar-refractivity contribution >= 4 is 23.3 Å². The van der Waals surface area contributed by atoms with Crippen molar-refractivity contribution in [2.75, 3.05) is 12.3 Å². The van der Waals surface area contributed by atoms with Gasteiger partial charge in [0.05, 0.1) is 23.2 Å². The molecule has 0 radical (unpaired) electrons. The average molecular weight is 242 g/mol. The van der Waals surface area contributed by atoms with Crippen LogP contribution in [-0.2, 0) is 9.53 Å². The molecule has 0 amide bonds. The van der Waals surface area contributed by atoms with Crippen LogP contribution in [0, 0.1) is 0 Å². The first-order valence-electron chi connectivity index (χ1n) is 5.32. The first-order chi connectivity index (χ1) is 7.61. The molecule has 4 heteroatoms. The number of benzene rings is 1. The van der Waals surface area contributed by atoms with Gasteiger partial charge >= 0.3 is 5.97 Å². The van der Waals surface area contributed by atoms with Crippen molar-refractivity contribution in [3.8, 4) is 0 Å². The number of nitrogen functional groups attached to an aromatic ring is 1. The molecule has 0 aliphatic heterocycles. The van der Waals surface area contributed by atoms with Gasteiger partial charge in [0.1, 0.15) is 0 Å². The van der Waals surface area contributed by atoms with Gasteiger partial charge in [-0.25, -0.2) is 0 Å². The fourth-order valence-corrected chi connectivity index (χ4v) is 1.80. The highest BCUT2D eigenvalue weighted by molar-refractivity contribution is 6.33. The van der Waals surface area contributed by atoms with Crippen molar-refractivity contribution in [3.63, 3.8) is 0 Å². The van der Waals surface area contributed by atoms with Gasteiger partial charge < -0.3 is 10.5 Å². The fraction of sp³-hybridized carbons (Fsp3) is 0.417. The molecule has 1 atom stereocenters. The molecule has 0 spiro atoms. The summed E-state index contributed by atoms with van der Waals surface area (Å²) in [6.45, 7) is 4.07. The second-order valence-corrected chi connectivity index (χ2v) is 3.86. The molecule has 0 bridgehead atoms. The van der Waals surface area contributed by atoms with Gasteiger partial charge in [-0.15, -0.1) is 0 Å². The molecule has 3 nitrogen and oxygen atoms in total. The number of anilines is 1. The summed E-state index contributed by atoms with van der Waals surface area (Å²) in [6, 6.07) is 5.31. The quantitative estimate of drug-likeness (QED) is 0.651. The number of rotatable bonds is 4. The maximum atomic E-state index is 11.7. The van der Waals surface area contributed by atoms with Gasteiger partial charge in [-0.3, -0.25) is 4.79 Å². The van der Waals surface area contributed by atoms with Crippen molar-refractivity contribution in [1.82, 2.24) is 0 Å². The maximum absolute atomic E-state index is 11.7. The monoisotopic (exact) mass is 241 g/mol. The van der Waals surface area contributed by atoms with E-state index in [2.05, 4.69) is 0 Å². The van der Waals surface area contributed by atoms with E-state index in [1.54, 1.807) is 19.1 Å². The van der Waals surface area contributed by atoms with Crippen LogP contribution in [0.4, 0.5) is 5.69 Å². The highest BCUT2D eigenvalue weighted by Crippen LogP contribution is 2.31. The van der Waals surface area contributed by atoms with Crippen molar-refractivity contribution in [2.45, 2.75) is 26.2 Å². The topological polar surface area (TPSA) is 52.3 Å². The molecule has 0 aliphatic rings. The third kappa shape index (κ3) is 2.67. The molecule has 0 heterocycles. The molecule has 0 aromatic heterocycles. The normalized spacial score (nSPS) is 12.2. The Hall–Kier alpha value is -1.22. The molecule has 0 fully saturated rings. The zero-order valence-electron chi connectivity index (χ0n) is 9.50. The van der Waals surface area contributed by atoms with E-state index in [1.165, 1.54) is 0 Å². The Morgan fingerprint density at radius 1 is 1.50 bits per heavy atom. The minimum Gasteiger partial charge on any atom is -0.466 e. The van der Waals surface area contributed by atoms with Crippen LogP contribution >= 0.6 is 11.6 Å². The highest BCUT2D eigenvalue weighted by Gasteiger charge is 2.22. The van der Waals surface area contributed by atoms with Crippen molar-refractivity contribution in [3.05, 3.63) is 28.8 Å². The third-order valence-corrected chi connectivity index (χ3v) is 2.77. The summed E-state index contributed by atoms with van der Waals surface area (Å²) in [5.41, 5.74) is 7.06. The van der Waals surface area contributed by atoms with Crippen LogP contribution in [-0.4, -0.2) is 12.6 Å². The summed E-state index contributed by atoms with van der Waals surface area (Å²) in [4.78, 5) is 11.7. The first kappa shape index (κ1) is 12.8. The number of esters is 1. The van der Waals surface area contributed by atoms with Crippen molar-refractivity contribution < 1.29 is 9.53 Å². The standard InChI is InChI=1S/C12H16ClNO2/c1-3-8(12(15)16-4-2)9-6-5-7-10(13)11(9)14/h5-8H,3-4,14H2,1-2H3. The van der Waals surface area contributed by atoms with E-state index in [1.807, 2.05) is 13.0 Å². The highest BCUT2D eigenvalue weighted by atomic mass is 35.5.